The summed E-state index contributed by atoms with van der Waals surface area (Å²) < 4.78 is 5.09. The topological polar surface area (TPSA) is 55.4 Å². The number of esters is 1. The second-order valence-electron chi connectivity index (χ2n) is 5.88. The molecular formula is C20H23NO3. The standard InChI is InChI=1S/C20H23NO3/c1-4-18(16-10-8-14(2)9-11-16)21-19(22)13-24-20(23)17-7-5-6-15(3)12-17/h5-12,18H,4,13H2,1-3H3,(H,21,22)/t18-/m1/s1. The lowest BCUT2D eigenvalue weighted by atomic mass is 10.0. The van der Waals surface area contributed by atoms with E-state index in [0.29, 0.717) is 5.56 Å². The van der Waals surface area contributed by atoms with E-state index in [1.807, 2.05) is 51.1 Å². The van der Waals surface area contributed by atoms with E-state index in [1.165, 1.54) is 5.56 Å². The second-order valence-corrected chi connectivity index (χ2v) is 5.88. The molecule has 4 heteroatoms. The van der Waals surface area contributed by atoms with E-state index in [0.717, 1.165) is 17.5 Å². The van der Waals surface area contributed by atoms with Gasteiger partial charge in [-0.3, -0.25) is 4.79 Å². The molecule has 1 amide bonds. The molecule has 0 aliphatic heterocycles. The number of benzene rings is 2. The number of aryl methyl sites for hydroxylation is 2. The first kappa shape index (κ1) is 17.7. The van der Waals surface area contributed by atoms with E-state index in [4.69, 9.17) is 4.74 Å². The summed E-state index contributed by atoms with van der Waals surface area (Å²) in [6, 6.07) is 15.0. The summed E-state index contributed by atoms with van der Waals surface area (Å²) in [4.78, 5) is 24.0. The first-order valence-corrected chi connectivity index (χ1v) is 8.09. The van der Waals surface area contributed by atoms with E-state index >= 15 is 0 Å². The smallest absolute Gasteiger partial charge is 0.338 e. The van der Waals surface area contributed by atoms with Crippen molar-refractivity contribution in [1.29, 1.82) is 0 Å². The summed E-state index contributed by atoms with van der Waals surface area (Å²) >= 11 is 0. The van der Waals surface area contributed by atoms with Crippen molar-refractivity contribution in [3.63, 3.8) is 0 Å². The van der Waals surface area contributed by atoms with E-state index in [9.17, 15) is 9.59 Å². The molecule has 1 atom stereocenters. The van der Waals surface area contributed by atoms with Crippen LogP contribution in [-0.2, 0) is 9.53 Å². The number of rotatable bonds is 6. The Bertz CT molecular complexity index is 707. The van der Waals surface area contributed by atoms with Crippen LogP contribution in [-0.4, -0.2) is 18.5 Å². The van der Waals surface area contributed by atoms with Crippen LogP contribution in [0.4, 0.5) is 0 Å². The molecule has 2 aromatic carbocycles. The van der Waals surface area contributed by atoms with Crippen molar-refractivity contribution in [2.75, 3.05) is 6.61 Å². The Hall–Kier alpha value is -2.62. The molecule has 0 radical (unpaired) electrons. The van der Waals surface area contributed by atoms with Gasteiger partial charge in [-0.1, -0.05) is 54.4 Å². The number of carbonyl (C=O) groups is 2. The van der Waals surface area contributed by atoms with Gasteiger partial charge in [-0.25, -0.2) is 4.79 Å². The van der Waals surface area contributed by atoms with Gasteiger partial charge in [-0.2, -0.15) is 0 Å². The molecule has 2 aromatic rings. The maximum atomic E-state index is 12.1. The predicted molar refractivity (Wildman–Crippen MR) is 93.8 cm³/mol. The van der Waals surface area contributed by atoms with Crippen LogP contribution in [0.25, 0.3) is 0 Å². The molecule has 0 unspecified atom stereocenters. The van der Waals surface area contributed by atoms with E-state index in [1.54, 1.807) is 18.2 Å². The molecule has 1 N–H and O–H groups in total. The highest BCUT2D eigenvalue weighted by Crippen LogP contribution is 2.17. The van der Waals surface area contributed by atoms with Crippen molar-refractivity contribution in [1.82, 2.24) is 5.32 Å². The average molecular weight is 325 g/mol. The quantitative estimate of drug-likeness (QED) is 0.823. The van der Waals surface area contributed by atoms with Gasteiger partial charge in [0.05, 0.1) is 11.6 Å². The van der Waals surface area contributed by atoms with Gasteiger partial charge in [0, 0.05) is 0 Å². The van der Waals surface area contributed by atoms with Crippen molar-refractivity contribution >= 4 is 11.9 Å². The molecule has 0 fully saturated rings. The van der Waals surface area contributed by atoms with Crippen LogP contribution >= 0.6 is 0 Å². The molecule has 0 aliphatic carbocycles. The molecule has 0 aromatic heterocycles. The first-order valence-electron chi connectivity index (χ1n) is 8.09. The zero-order valence-corrected chi connectivity index (χ0v) is 14.3. The van der Waals surface area contributed by atoms with Crippen molar-refractivity contribution in [2.24, 2.45) is 0 Å². The lowest BCUT2D eigenvalue weighted by Gasteiger charge is -2.17. The maximum absolute atomic E-state index is 12.1. The number of ether oxygens (including phenoxy) is 1. The Morgan fingerprint density at radius 2 is 1.75 bits per heavy atom. The van der Waals surface area contributed by atoms with E-state index in [-0.39, 0.29) is 18.6 Å². The zero-order chi connectivity index (χ0) is 17.5. The van der Waals surface area contributed by atoms with Gasteiger partial charge in [0.1, 0.15) is 0 Å². The molecular weight excluding hydrogens is 302 g/mol. The highest BCUT2D eigenvalue weighted by atomic mass is 16.5. The minimum Gasteiger partial charge on any atom is -0.452 e. The average Bonchev–Trinajstić information content (AvgIpc) is 2.58. The van der Waals surface area contributed by atoms with Crippen LogP contribution < -0.4 is 5.32 Å². The first-order chi connectivity index (χ1) is 11.5. The van der Waals surface area contributed by atoms with E-state index in [2.05, 4.69) is 5.32 Å². The molecule has 0 aliphatic rings. The molecule has 4 nitrogen and oxygen atoms in total. The normalized spacial score (nSPS) is 11.6. The fourth-order valence-electron chi connectivity index (χ4n) is 2.44. The molecule has 0 saturated heterocycles. The van der Waals surface area contributed by atoms with Gasteiger partial charge >= 0.3 is 5.97 Å². The van der Waals surface area contributed by atoms with Crippen molar-refractivity contribution in [2.45, 2.75) is 33.2 Å². The summed E-state index contributed by atoms with van der Waals surface area (Å²) in [6.07, 6.45) is 0.765. The highest BCUT2D eigenvalue weighted by Gasteiger charge is 2.15. The lowest BCUT2D eigenvalue weighted by Crippen LogP contribution is -2.32. The van der Waals surface area contributed by atoms with Crippen molar-refractivity contribution in [3.8, 4) is 0 Å². The summed E-state index contributed by atoms with van der Waals surface area (Å²) in [7, 11) is 0. The third kappa shape index (κ3) is 4.95. The fourth-order valence-corrected chi connectivity index (χ4v) is 2.44. The third-order valence-electron chi connectivity index (χ3n) is 3.81. The third-order valence-corrected chi connectivity index (χ3v) is 3.81. The van der Waals surface area contributed by atoms with Crippen LogP contribution in [0.3, 0.4) is 0 Å². The summed E-state index contributed by atoms with van der Waals surface area (Å²) in [5, 5.41) is 2.90. The van der Waals surface area contributed by atoms with Gasteiger partial charge in [-0.15, -0.1) is 0 Å². The number of hydrogen-bond acceptors (Lipinski definition) is 3. The Morgan fingerprint density at radius 3 is 2.38 bits per heavy atom. The Balaban J connectivity index is 1.89. The van der Waals surface area contributed by atoms with Crippen LogP contribution in [0.1, 0.15) is 46.4 Å². The van der Waals surface area contributed by atoms with Gasteiger partial charge in [0.15, 0.2) is 6.61 Å². The van der Waals surface area contributed by atoms with Crippen LogP contribution in [0.15, 0.2) is 48.5 Å². The minimum atomic E-state index is -0.489. The van der Waals surface area contributed by atoms with Crippen molar-refractivity contribution in [3.05, 3.63) is 70.8 Å². The maximum Gasteiger partial charge on any atom is 0.338 e. The van der Waals surface area contributed by atoms with Gasteiger partial charge < -0.3 is 10.1 Å². The van der Waals surface area contributed by atoms with Gasteiger partial charge in [-0.05, 0) is 38.0 Å². The SMILES string of the molecule is CC[C@@H](NC(=O)COC(=O)c1cccc(C)c1)c1ccc(C)cc1. The largest absolute Gasteiger partial charge is 0.452 e. The molecule has 24 heavy (non-hydrogen) atoms. The Kier molecular flexibility index (Phi) is 6.13. The number of carbonyl (C=O) groups excluding carboxylic acids is 2. The van der Waals surface area contributed by atoms with Crippen LogP contribution in [0.5, 0.6) is 0 Å². The van der Waals surface area contributed by atoms with Crippen LogP contribution in [0.2, 0.25) is 0 Å². The van der Waals surface area contributed by atoms with Gasteiger partial charge in [0.25, 0.3) is 5.91 Å². The molecule has 2 rings (SSSR count). The Morgan fingerprint density at radius 1 is 1.04 bits per heavy atom. The summed E-state index contributed by atoms with van der Waals surface area (Å²) in [5.41, 5.74) is 3.64. The second kappa shape index (κ2) is 8.29. The molecule has 0 bridgehead atoms. The summed E-state index contributed by atoms with van der Waals surface area (Å²) in [5.74, 6) is -0.791. The van der Waals surface area contributed by atoms with Crippen molar-refractivity contribution < 1.29 is 14.3 Å². The number of nitrogens with one attached hydrogen (secondary N) is 1. The highest BCUT2D eigenvalue weighted by molar-refractivity contribution is 5.91. The predicted octanol–water partition coefficient (Wildman–Crippen LogP) is 3.73. The monoisotopic (exact) mass is 325 g/mol. The summed E-state index contributed by atoms with van der Waals surface area (Å²) in [6.45, 7) is 5.64. The zero-order valence-electron chi connectivity index (χ0n) is 14.3. The fraction of sp³-hybridized carbons (Fsp3) is 0.300. The molecule has 0 spiro atoms. The van der Waals surface area contributed by atoms with Gasteiger partial charge in [0.2, 0.25) is 0 Å². The van der Waals surface area contributed by atoms with Crippen LogP contribution in [0, 0.1) is 13.8 Å². The Labute approximate surface area is 142 Å². The molecule has 0 heterocycles. The minimum absolute atomic E-state index is 0.0872. The number of hydrogen-bond donors (Lipinski definition) is 1. The van der Waals surface area contributed by atoms with E-state index < -0.39 is 5.97 Å². The molecule has 0 saturated carbocycles. The lowest BCUT2D eigenvalue weighted by molar-refractivity contribution is -0.125. The number of amides is 1. The molecule has 126 valence electrons.